The van der Waals surface area contributed by atoms with Crippen molar-refractivity contribution in [1.82, 2.24) is 9.55 Å². The molecule has 0 aliphatic heterocycles. The van der Waals surface area contributed by atoms with Crippen LogP contribution in [-0.2, 0) is 7.05 Å². The second-order valence-electron chi connectivity index (χ2n) is 3.22. The molecule has 0 aliphatic carbocycles. The first-order chi connectivity index (χ1) is 7.26. The number of hydrogen-bond donors (Lipinski definition) is 0. The molecule has 0 aliphatic rings. The van der Waals surface area contributed by atoms with Gasteiger partial charge in [0, 0.05) is 13.1 Å². The van der Waals surface area contributed by atoms with Gasteiger partial charge in [-0.1, -0.05) is 5.92 Å². The van der Waals surface area contributed by atoms with E-state index in [1.807, 2.05) is 29.8 Å². The van der Waals surface area contributed by atoms with Crippen molar-refractivity contribution in [1.29, 1.82) is 0 Å². The van der Waals surface area contributed by atoms with Crippen LogP contribution in [0.4, 0.5) is 0 Å². The Morgan fingerprint density at radius 1 is 1.40 bits per heavy atom. The van der Waals surface area contributed by atoms with E-state index in [1.165, 1.54) is 0 Å². The summed E-state index contributed by atoms with van der Waals surface area (Å²) in [5.74, 6) is 7.41. The molecule has 0 radical (unpaired) electrons. The second-order valence-corrected chi connectivity index (χ2v) is 3.22. The summed E-state index contributed by atoms with van der Waals surface area (Å²) in [7, 11) is 3.61. The fourth-order valence-corrected chi connectivity index (χ4v) is 1.53. The van der Waals surface area contributed by atoms with E-state index in [1.54, 1.807) is 14.0 Å². The molecule has 1 heterocycles. The van der Waals surface area contributed by atoms with Crippen molar-refractivity contribution in [3.05, 3.63) is 24.0 Å². The molecule has 0 bridgehead atoms. The maximum absolute atomic E-state index is 5.15. The molecule has 3 nitrogen and oxygen atoms in total. The second kappa shape index (κ2) is 3.66. The number of aryl methyl sites for hydroxylation is 1. The van der Waals surface area contributed by atoms with Gasteiger partial charge in [-0.3, -0.25) is 0 Å². The Bertz CT molecular complexity index is 558. The Morgan fingerprint density at radius 2 is 2.20 bits per heavy atom. The van der Waals surface area contributed by atoms with Gasteiger partial charge in [0.1, 0.15) is 5.75 Å². The molecule has 2 aromatic rings. The highest BCUT2D eigenvalue weighted by molar-refractivity contribution is 5.78. The van der Waals surface area contributed by atoms with Crippen LogP contribution in [0.2, 0.25) is 0 Å². The predicted octanol–water partition coefficient (Wildman–Crippen LogP) is 1.95. The molecule has 0 saturated carbocycles. The quantitative estimate of drug-likeness (QED) is 0.658. The van der Waals surface area contributed by atoms with E-state index in [0.717, 1.165) is 22.6 Å². The topological polar surface area (TPSA) is 27.1 Å². The molecule has 76 valence electrons. The number of ether oxygens (including phenoxy) is 1. The Labute approximate surface area is 88.7 Å². The Kier molecular flexibility index (Phi) is 2.34. The van der Waals surface area contributed by atoms with Crippen molar-refractivity contribution in [2.45, 2.75) is 6.92 Å². The highest BCUT2D eigenvalue weighted by Gasteiger charge is 2.05. The molecule has 0 fully saturated rings. The van der Waals surface area contributed by atoms with Gasteiger partial charge >= 0.3 is 0 Å². The minimum Gasteiger partial charge on any atom is -0.497 e. The lowest BCUT2D eigenvalue weighted by molar-refractivity contribution is 0.415. The van der Waals surface area contributed by atoms with Gasteiger partial charge in [-0.05, 0) is 25.0 Å². The largest absolute Gasteiger partial charge is 0.497 e. The lowest BCUT2D eigenvalue weighted by Gasteiger charge is -1.98. The average molecular weight is 200 g/mol. The molecule has 1 aromatic heterocycles. The maximum Gasteiger partial charge on any atom is 0.186 e. The Morgan fingerprint density at radius 3 is 2.87 bits per heavy atom. The van der Waals surface area contributed by atoms with E-state index < -0.39 is 0 Å². The Hall–Kier alpha value is -1.95. The summed E-state index contributed by atoms with van der Waals surface area (Å²) in [5.41, 5.74) is 1.98. The molecular formula is C12H12N2O. The van der Waals surface area contributed by atoms with E-state index in [4.69, 9.17) is 4.74 Å². The molecular weight excluding hydrogens is 188 g/mol. The minimum atomic E-state index is 0.778. The number of imidazole rings is 1. The lowest BCUT2D eigenvalue weighted by atomic mass is 10.3. The maximum atomic E-state index is 5.15. The van der Waals surface area contributed by atoms with Gasteiger partial charge in [0.2, 0.25) is 0 Å². The molecule has 3 heteroatoms. The first kappa shape index (κ1) is 9.60. The van der Waals surface area contributed by atoms with E-state index in [2.05, 4.69) is 16.8 Å². The minimum absolute atomic E-state index is 0.778. The number of fused-ring (bicyclic) bond motifs is 1. The first-order valence-corrected chi connectivity index (χ1v) is 4.69. The molecule has 0 saturated heterocycles. The number of methoxy groups -OCH3 is 1. The van der Waals surface area contributed by atoms with Crippen LogP contribution < -0.4 is 4.74 Å². The normalized spacial score (nSPS) is 9.80. The third-order valence-electron chi connectivity index (χ3n) is 2.32. The van der Waals surface area contributed by atoms with Crippen molar-refractivity contribution >= 4 is 11.0 Å². The molecule has 0 spiro atoms. The molecule has 1 aromatic carbocycles. The van der Waals surface area contributed by atoms with Crippen LogP contribution in [0.3, 0.4) is 0 Å². The van der Waals surface area contributed by atoms with Crippen molar-refractivity contribution in [3.8, 4) is 17.6 Å². The standard InChI is InChI=1S/C12H12N2O/c1-4-5-12-13-10-8-9(15-3)6-7-11(10)14(12)2/h6-8H,1-3H3. The fourth-order valence-electron chi connectivity index (χ4n) is 1.53. The van der Waals surface area contributed by atoms with Crippen molar-refractivity contribution < 1.29 is 4.74 Å². The molecule has 2 rings (SSSR count). The van der Waals surface area contributed by atoms with E-state index in [9.17, 15) is 0 Å². The molecule has 0 unspecified atom stereocenters. The van der Waals surface area contributed by atoms with Gasteiger partial charge in [0.15, 0.2) is 5.82 Å². The number of benzene rings is 1. The predicted molar refractivity (Wildman–Crippen MR) is 59.8 cm³/mol. The van der Waals surface area contributed by atoms with Crippen LogP contribution in [0.15, 0.2) is 18.2 Å². The summed E-state index contributed by atoms with van der Waals surface area (Å²) in [6.07, 6.45) is 0. The lowest BCUT2D eigenvalue weighted by Crippen LogP contribution is -1.91. The third kappa shape index (κ3) is 1.55. The summed E-state index contributed by atoms with van der Waals surface area (Å²) in [5, 5.41) is 0. The Balaban J connectivity index is 2.68. The highest BCUT2D eigenvalue weighted by Crippen LogP contribution is 2.20. The first-order valence-electron chi connectivity index (χ1n) is 4.69. The van der Waals surface area contributed by atoms with Crippen molar-refractivity contribution in [2.75, 3.05) is 7.11 Å². The van der Waals surface area contributed by atoms with E-state index in [0.29, 0.717) is 0 Å². The van der Waals surface area contributed by atoms with Gasteiger partial charge < -0.3 is 9.30 Å². The van der Waals surface area contributed by atoms with Crippen molar-refractivity contribution in [3.63, 3.8) is 0 Å². The smallest absolute Gasteiger partial charge is 0.186 e. The zero-order valence-electron chi connectivity index (χ0n) is 9.03. The van der Waals surface area contributed by atoms with E-state index >= 15 is 0 Å². The summed E-state index contributed by atoms with van der Waals surface area (Å²) in [6, 6.07) is 5.82. The van der Waals surface area contributed by atoms with Crippen LogP contribution in [-0.4, -0.2) is 16.7 Å². The van der Waals surface area contributed by atoms with Crippen LogP contribution in [0.1, 0.15) is 12.7 Å². The summed E-state index contributed by atoms with van der Waals surface area (Å²) in [4.78, 5) is 4.42. The third-order valence-corrected chi connectivity index (χ3v) is 2.32. The SMILES string of the molecule is CC#Cc1nc2cc(OC)ccc2n1C. The fraction of sp³-hybridized carbons (Fsp3) is 0.250. The van der Waals surface area contributed by atoms with Crippen LogP contribution in [0.25, 0.3) is 11.0 Å². The molecule has 0 amide bonds. The van der Waals surface area contributed by atoms with Crippen molar-refractivity contribution in [2.24, 2.45) is 7.05 Å². The van der Waals surface area contributed by atoms with Crippen LogP contribution in [0.5, 0.6) is 5.75 Å². The van der Waals surface area contributed by atoms with Gasteiger partial charge in [0.25, 0.3) is 0 Å². The van der Waals surface area contributed by atoms with Crippen LogP contribution in [0, 0.1) is 11.8 Å². The number of nitrogens with zero attached hydrogens (tertiary/aromatic N) is 2. The van der Waals surface area contributed by atoms with E-state index in [-0.39, 0.29) is 0 Å². The zero-order chi connectivity index (χ0) is 10.8. The molecule has 0 N–H and O–H groups in total. The highest BCUT2D eigenvalue weighted by atomic mass is 16.5. The molecule has 15 heavy (non-hydrogen) atoms. The number of rotatable bonds is 1. The van der Waals surface area contributed by atoms with Gasteiger partial charge in [0.05, 0.1) is 18.1 Å². The van der Waals surface area contributed by atoms with Gasteiger partial charge in [-0.15, -0.1) is 0 Å². The summed E-state index contributed by atoms with van der Waals surface area (Å²) in [6.45, 7) is 1.81. The van der Waals surface area contributed by atoms with Gasteiger partial charge in [-0.2, -0.15) is 0 Å². The number of aromatic nitrogens is 2. The number of hydrogen-bond acceptors (Lipinski definition) is 2. The van der Waals surface area contributed by atoms with Gasteiger partial charge in [-0.25, -0.2) is 4.98 Å². The van der Waals surface area contributed by atoms with Crippen LogP contribution >= 0.6 is 0 Å². The summed E-state index contributed by atoms with van der Waals surface area (Å²) < 4.78 is 7.12. The average Bonchev–Trinajstić information content (AvgIpc) is 2.56. The monoisotopic (exact) mass is 200 g/mol. The summed E-state index contributed by atoms with van der Waals surface area (Å²) >= 11 is 0. The zero-order valence-corrected chi connectivity index (χ0v) is 9.03. The molecule has 0 atom stereocenters.